The Hall–Kier alpha value is -2.75. The average Bonchev–Trinajstić information content (AvgIpc) is 2.74. The summed E-state index contributed by atoms with van der Waals surface area (Å²) in [5.74, 6) is -0.697. The number of hydrogen-bond donors (Lipinski definition) is 2. The van der Waals surface area contributed by atoms with Gasteiger partial charge in [-0.25, -0.2) is 4.99 Å². The highest BCUT2D eigenvalue weighted by molar-refractivity contribution is 6.49. The fourth-order valence-corrected chi connectivity index (χ4v) is 3.86. The Balaban J connectivity index is 1.78. The summed E-state index contributed by atoms with van der Waals surface area (Å²) in [4.78, 5) is 29.2. The van der Waals surface area contributed by atoms with Gasteiger partial charge in [-0.05, 0) is 37.1 Å². The van der Waals surface area contributed by atoms with Crippen LogP contribution in [0.15, 0.2) is 45.7 Å². The number of rotatable bonds is 7. The molecule has 2 aliphatic rings. The smallest absolute Gasteiger partial charge is 0.323 e. The predicted molar refractivity (Wildman–Crippen MR) is 120 cm³/mol. The van der Waals surface area contributed by atoms with Crippen molar-refractivity contribution in [1.82, 2.24) is 4.90 Å². The summed E-state index contributed by atoms with van der Waals surface area (Å²) >= 11 is 6.08. The third-order valence-corrected chi connectivity index (χ3v) is 5.70. The van der Waals surface area contributed by atoms with Crippen LogP contribution in [0.4, 0.5) is 11.4 Å². The molecular weight excluding hydrogens is 422 g/mol. The van der Waals surface area contributed by atoms with Gasteiger partial charge in [-0.15, -0.1) is 0 Å². The van der Waals surface area contributed by atoms with Gasteiger partial charge >= 0.3 is 5.70 Å². The van der Waals surface area contributed by atoms with Crippen molar-refractivity contribution in [3.63, 3.8) is 0 Å². The Bertz CT molecular complexity index is 967. The van der Waals surface area contributed by atoms with Gasteiger partial charge in [0.05, 0.1) is 28.9 Å². The summed E-state index contributed by atoms with van der Waals surface area (Å²) < 4.78 is 5.43. The number of halogens is 1. The zero-order valence-corrected chi connectivity index (χ0v) is 18.3. The van der Waals surface area contributed by atoms with Gasteiger partial charge in [0.2, 0.25) is 5.78 Å². The van der Waals surface area contributed by atoms with Crippen LogP contribution < -0.4 is 11.1 Å². The first-order valence-corrected chi connectivity index (χ1v) is 10.5. The fourth-order valence-electron chi connectivity index (χ4n) is 3.63. The van der Waals surface area contributed by atoms with Crippen molar-refractivity contribution in [3.05, 3.63) is 56.4 Å². The molecule has 0 aromatic heterocycles. The zero-order chi connectivity index (χ0) is 22.5. The van der Waals surface area contributed by atoms with Gasteiger partial charge in [-0.1, -0.05) is 18.5 Å². The van der Waals surface area contributed by atoms with Crippen LogP contribution in [-0.2, 0) is 9.53 Å². The summed E-state index contributed by atoms with van der Waals surface area (Å²) in [5.41, 5.74) is 6.69. The number of benzene rings is 1. The summed E-state index contributed by atoms with van der Waals surface area (Å²) in [7, 11) is 0. The van der Waals surface area contributed by atoms with E-state index in [0.717, 1.165) is 56.6 Å². The molecule has 1 aromatic rings. The molecule has 0 spiro atoms. The van der Waals surface area contributed by atoms with Gasteiger partial charge in [0, 0.05) is 37.4 Å². The molecule has 3 N–H and O–H groups in total. The maximum Gasteiger partial charge on any atom is 0.323 e. The molecule has 10 heteroatoms. The number of nitro groups is 1. The van der Waals surface area contributed by atoms with E-state index >= 15 is 0 Å². The van der Waals surface area contributed by atoms with Gasteiger partial charge in [0.15, 0.2) is 11.4 Å². The number of morpholine rings is 1. The molecule has 0 amide bonds. The third kappa shape index (κ3) is 5.30. The number of ether oxygens (including phenoxy) is 1. The normalized spacial score (nSPS) is 20.0. The molecule has 1 saturated heterocycles. The molecule has 3 rings (SSSR count). The van der Waals surface area contributed by atoms with Crippen LogP contribution in [0, 0.1) is 17.0 Å². The van der Waals surface area contributed by atoms with E-state index in [4.69, 9.17) is 22.1 Å². The molecule has 0 bridgehead atoms. The van der Waals surface area contributed by atoms with E-state index in [1.165, 1.54) is 0 Å². The molecule has 1 aliphatic heterocycles. The van der Waals surface area contributed by atoms with E-state index in [0.29, 0.717) is 11.7 Å². The van der Waals surface area contributed by atoms with Crippen LogP contribution in [0.2, 0.25) is 0 Å². The first-order valence-electron chi connectivity index (χ1n) is 10.1. The molecule has 1 unspecified atom stereocenters. The molecule has 1 fully saturated rings. The maximum atomic E-state index is 11.8. The molecule has 0 saturated carbocycles. The number of nitrogens with one attached hydrogen (secondary N) is 1. The average molecular weight is 448 g/mol. The lowest BCUT2D eigenvalue weighted by atomic mass is 10.1. The molecule has 9 nitrogen and oxygen atoms in total. The third-order valence-electron chi connectivity index (χ3n) is 5.42. The van der Waals surface area contributed by atoms with Crippen molar-refractivity contribution in [2.45, 2.75) is 26.3 Å². The molecular formula is C21H26ClN5O4. The second-order valence-electron chi connectivity index (χ2n) is 7.43. The molecule has 1 aliphatic carbocycles. The second-order valence-corrected chi connectivity index (χ2v) is 7.84. The minimum atomic E-state index is -0.733. The predicted octanol–water partition coefficient (Wildman–Crippen LogP) is 2.74. The Morgan fingerprint density at radius 1 is 1.39 bits per heavy atom. The van der Waals surface area contributed by atoms with Crippen molar-refractivity contribution < 1.29 is 14.5 Å². The first kappa shape index (κ1) is 22.9. The number of ketones is 1. The number of carbonyl (C=O) groups excluding carboxylic acids is 1. The molecule has 1 heterocycles. The number of hydrogen-bond acceptors (Lipinski definition) is 8. The summed E-state index contributed by atoms with van der Waals surface area (Å²) in [5, 5.41) is 14.8. The summed E-state index contributed by atoms with van der Waals surface area (Å²) in [6.45, 7) is 8.21. The zero-order valence-electron chi connectivity index (χ0n) is 17.6. The number of allylic oxidation sites excluding steroid dienone is 2. The summed E-state index contributed by atoms with van der Waals surface area (Å²) in [6, 6.07) is 5.96. The topological polar surface area (TPSA) is 123 Å². The van der Waals surface area contributed by atoms with E-state index in [9.17, 15) is 14.9 Å². The number of carbonyl (C=O) groups is 1. The standard InChI is InChI=1S/C21H26ClN5O4/c1-3-15(26-6-8-31-9-7-26)12-24-14-4-5-17(13(2)10-14)25-20-16(22)11-18(28)19(23)21(20)27(29)30/h4-5,10-11,15,24H,3,6-9,12,23H2,1-2H3. The van der Waals surface area contributed by atoms with E-state index in [2.05, 4.69) is 22.1 Å². The highest BCUT2D eigenvalue weighted by atomic mass is 35.5. The Labute approximate surface area is 185 Å². The largest absolute Gasteiger partial charge is 0.390 e. The molecule has 31 heavy (non-hydrogen) atoms. The number of aliphatic imine (C=N–C) groups is 1. The monoisotopic (exact) mass is 447 g/mol. The van der Waals surface area contributed by atoms with Crippen LogP contribution in [-0.4, -0.2) is 60.2 Å². The van der Waals surface area contributed by atoms with E-state index in [1.807, 2.05) is 19.1 Å². The van der Waals surface area contributed by atoms with Crippen LogP contribution in [0.5, 0.6) is 0 Å². The van der Waals surface area contributed by atoms with Gasteiger partial charge in [0.25, 0.3) is 0 Å². The van der Waals surface area contributed by atoms with Gasteiger partial charge in [-0.3, -0.25) is 19.8 Å². The van der Waals surface area contributed by atoms with Crippen LogP contribution in [0.25, 0.3) is 0 Å². The lowest BCUT2D eigenvalue weighted by Gasteiger charge is -2.34. The fraction of sp³-hybridized carbons (Fsp3) is 0.429. The molecule has 1 atom stereocenters. The highest BCUT2D eigenvalue weighted by Gasteiger charge is 2.33. The van der Waals surface area contributed by atoms with Gasteiger partial charge in [0.1, 0.15) is 0 Å². The summed E-state index contributed by atoms with van der Waals surface area (Å²) in [6.07, 6.45) is 2.07. The van der Waals surface area contributed by atoms with Crippen LogP contribution >= 0.6 is 11.6 Å². The molecule has 166 valence electrons. The Kier molecular flexibility index (Phi) is 7.42. The van der Waals surface area contributed by atoms with Crippen molar-refractivity contribution in [2.24, 2.45) is 10.7 Å². The molecule has 1 aromatic carbocycles. The van der Waals surface area contributed by atoms with Crippen molar-refractivity contribution in [1.29, 1.82) is 0 Å². The lowest BCUT2D eigenvalue weighted by Crippen LogP contribution is -2.46. The van der Waals surface area contributed by atoms with Gasteiger partial charge < -0.3 is 15.8 Å². The number of nitrogens with zero attached hydrogens (tertiary/aromatic N) is 3. The number of nitrogens with two attached hydrogens (primary N) is 1. The first-order chi connectivity index (χ1) is 14.8. The Morgan fingerprint density at radius 3 is 2.71 bits per heavy atom. The Morgan fingerprint density at radius 2 is 2.10 bits per heavy atom. The number of aryl methyl sites for hydroxylation is 1. The quantitative estimate of drug-likeness (QED) is 0.374. The van der Waals surface area contributed by atoms with Crippen molar-refractivity contribution in [2.75, 3.05) is 38.2 Å². The second kappa shape index (κ2) is 10.0. The molecule has 0 radical (unpaired) electrons. The van der Waals surface area contributed by atoms with Crippen LogP contribution in [0.3, 0.4) is 0 Å². The minimum Gasteiger partial charge on any atom is -0.390 e. The van der Waals surface area contributed by atoms with Crippen molar-refractivity contribution >= 4 is 34.5 Å². The van der Waals surface area contributed by atoms with E-state index < -0.39 is 22.1 Å². The van der Waals surface area contributed by atoms with Crippen LogP contribution in [0.1, 0.15) is 18.9 Å². The SMILES string of the molecule is CCC(CNc1ccc(N=C2C(Cl)=CC(=O)C(N)=C2[N+](=O)[O-])c(C)c1)N1CCOCC1. The number of anilines is 1. The highest BCUT2D eigenvalue weighted by Crippen LogP contribution is 2.28. The van der Waals surface area contributed by atoms with Crippen molar-refractivity contribution in [3.8, 4) is 0 Å². The lowest BCUT2D eigenvalue weighted by molar-refractivity contribution is -0.415. The van der Waals surface area contributed by atoms with E-state index in [1.54, 1.807) is 6.07 Å². The maximum absolute atomic E-state index is 11.8. The minimum absolute atomic E-state index is 0.108. The van der Waals surface area contributed by atoms with E-state index in [-0.39, 0.29) is 10.7 Å². The van der Waals surface area contributed by atoms with Gasteiger partial charge in [-0.2, -0.15) is 0 Å².